The van der Waals surface area contributed by atoms with Crippen LogP contribution in [0.4, 0.5) is 5.69 Å². The Morgan fingerprint density at radius 1 is 1.33 bits per heavy atom. The van der Waals surface area contributed by atoms with Gasteiger partial charge in [-0.2, -0.15) is 0 Å². The standard InChI is InChI=1S/C20H21NO2S/c1-3-23-20(22)13-8-9-17-16(11-13)14-5-4-6-15(14)19(21-17)18-10-7-12(2)24-18/h4-5,7-11,14-15,19,21H,3,6H2,1-2H3. The highest BCUT2D eigenvalue weighted by atomic mass is 32.1. The first kappa shape index (κ1) is 15.5. The van der Waals surface area contributed by atoms with Gasteiger partial charge in [0.2, 0.25) is 0 Å². The number of esters is 1. The van der Waals surface area contributed by atoms with Gasteiger partial charge in [-0.05, 0) is 62.1 Å². The van der Waals surface area contributed by atoms with Crippen molar-refractivity contribution in [1.29, 1.82) is 0 Å². The number of anilines is 1. The van der Waals surface area contributed by atoms with Gasteiger partial charge in [0.05, 0.1) is 18.2 Å². The SMILES string of the molecule is CCOC(=O)c1ccc2c(c1)C1C=CCC1C(c1ccc(C)s1)N2. The van der Waals surface area contributed by atoms with E-state index in [0.29, 0.717) is 30.0 Å². The Balaban J connectivity index is 1.71. The summed E-state index contributed by atoms with van der Waals surface area (Å²) in [6, 6.07) is 10.7. The third kappa shape index (κ3) is 2.55. The molecule has 2 aliphatic rings. The van der Waals surface area contributed by atoms with E-state index in [-0.39, 0.29) is 5.97 Å². The maximum atomic E-state index is 12.1. The van der Waals surface area contributed by atoms with Gasteiger partial charge >= 0.3 is 5.97 Å². The molecule has 2 heterocycles. The number of carbonyl (C=O) groups is 1. The summed E-state index contributed by atoms with van der Waals surface area (Å²) >= 11 is 1.87. The highest BCUT2D eigenvalue weighted by molar-refractivity contribution is 7.12. The predicted octanol–water partition coefficient (Wildman–Crippen LogP) is 5.06. The first-order valence-corrected chi connectivity index (χ1v) is 9.29. The second kappa shape index (κ2) is 6.10. The van der Waals surface area contributed by atoms with Gasteiger partial charge < -0.3 is 10.1 Å². The molecule has 4 rings (SSSR count). The third-order valence-electron chi connectivity index (χ3n) is 4.94. The highest BCUT2D eigenvalue weighted by Crippen LogP contribution is 2.50. The first-order valence-electron chi connectivity index (χ1n) is 8.48. The monoisotopic (exact) mass is 339 g/mol. The quantitative estimate of drug-likeness (QED) is 0.627. The van der Waals surface area contributed by atoms with Crippen molar-refractivity contribution >= 4 is 23.0 Å². The lowest BCUT2D eigenvalue weighted by atomic mass is 9.78. The van der Waals surface area contributed by atoms with E-state index in [1.165, 1.54) is 15.3 Å². The minimum absolute atomic E-state index is 0.241. The van der Waals surface area contributed by atoms with Crippen molar-refractivity contribution in [2.24, 2.45) is 5.92 Å². The van der Waals surface area contributed by atoms with E-state index in [0.717, 1.165) is 12.1 Å². The van der Waals surface area contributed by atoms with E-state index >= 15 is 0 Å². The van der Waals surface area contributed by atoms with Crippen LogP contribution in [0.15, 0.2) is 42.5 Å². The van der Waals surface area contributed by atoms with Gasteiger partial charge in [-0.15, -0.1) is 11.3 Å². The van der Waals surface area contributed by atoms with Crippen LogP contribution in [0.25, 0.3) is 0 Å². The zero-order valence-electron chi connectivity index (χ0n) is 13.9. The zero-order chi connectivity index (χ0) is 16.7. The number of hydrogen-bond acceptors (Lipinski definition) is 4. The van der Waals surface area contributed by atoms with Crippen LogP contribution in [-0.4, -0.2) is 12.6 Å². The summed E-state index contributed by atoms with van der Waals surface area (Å²) in [5.74, 6) is 0.630. The Morgan fingerprint density at radius 2 is 2.21 bits per heavy atom. The summed E-state index contributed by atoms with van der Waals surface area (Å²) in [6.07, 6.45) is 5.64. The van der Waals surface area contributed by atoms with Crippen molar-refractivity contribution in [1.82, 2.24) is 0 Å². The van der Waals surface area contributed by atoms with Crippen LogP contribution in [0.1, 0.15) is 51.0 Å². The summed E-state index contributed by atoms with van der Waals surface area (Å²) in [7, 11) is 0. The Morgan fingerprint density at radius 3 is 2.96 bits per heavy atom. The molecule has 4 heteroatoms. The van der Waals surface area contributed by atoms with Gasteiger partial charge in [-0.1, -0.05) is 12.2 Å². The molecule has 3 unspecified atom stereocenters. The molecular formula is C20H21NO2S. The van der Waals surface area contributed by atoms with Crippen LogP contribution in [0.3, 0.4) is 0 Å². The summed E-state index contributed by atoms with van der Waals surface area (Å²) < 4.78 is 5.15. The molecule has 0 fully saturated rings. The van der Waals surface area contributed by atoms with Crippen molar-refractivity contribution in [2.75, 3.05) is 11.9 Å². The van der Waals surface area contributed by atoms with Gasteiger partial charge in [0.1, 0.15) is 0 Å². The molecule has 0 amide bonds. The minimum Gasteiger partial charge on any atom is -0.462 e. The molecule has 1 aromatic heterocycles. The summed E-state index contributed by atoms with van der Waals surface area (Å²) in [5, 5.41) is 3.71. The van der Waals surface area contributed by atoms with E-state index in [2.05, 4.69) is 36.5 Å². The average Bonchev–Trinajstić information content (AvgIpc) is 3.23. The molecule has 0 spiro atoms. The number of carbonyl (C=O) groups excluding carboxylic acids is 1. The molecule has 3 atom stereocenters. The van der Waals surface area contributed by atoms with Crippen molar-refractivity contribution in [2.45, 2.75) is 32.2 Å². The second-order valence-electron chi connectivity index (χ2n) is 6.45. The molecule has 0 saturated heterocycles. The highest BCUT2D eigenvalue weighted by Gasteiger charge is 2.38. The van der Waals surface area contributed by atoms with Crippen molar-refractivity contribution in [3.05, 3.63) is 63.4 Å². The van der Waals surface area contributed by atoms with Gasteiger partial charge in [-0.25, -0.2) is 4.79 Å². The Bertz CT molecular complexity index is 808. The number of benzene rings is 1. The molecule has 124 valence electrons. The third-order valence-corrected chi connectivity index (χ3v) is 6.03. The molecule has 1 aliphatic carbocycles. The Hall–Kier alpha value is -2.07. The molecule has 24 heavy (non-hydrogen) atoms. The van der Waals surface area contributed by atoms with Crippen LogP contribution in [-0.2, 0) is 4.74 Å². The summed E-state index contributed by atoms with van der Waals surface area (Å²) in [4.78, 5) is 14.8. The van der Waals surface area contributed by atoms with Crippen LogP contribution < -0.4 is 5.32 Å². The van der Waals surface area contributed by atoms with Crippen molar-refractivity contribution < 1.29 is 9.53 Å². The number of rotatable bonds is 3. The van der Waals surface area contributed by atoms with Crippen molar-refractivity contribution in [3.8, 4) is 0 Å². The fourth-order valence-electron chi connectivity index (χ4n) is 3.84. The minimum atomic E-state index is -0.241. The molecule has 1 aromatic carbocycles. The first-order chi connectivity index (χ1) is 11.7. The maximum Gasteiger partial charge on any atom is 0.338 e. The number of ether oxygens (including phenoxy) is 1. The fraction of sp³-hybridized carbons (Fsp3) is 0.350. The number of thiophene rings is 1. The number of allylic oxidation sites excluding steroid dienone is 2. The van der Waals surface area contributed by atoms with Gasteiger partial charge in [0.15, 0.2) is 0 Å². The summed E-state index contributed by atoms with van der Waals surface area (Å²) in [6.45, 7) is 4.39. The van der Waals surface area contributed by atoms with Crippen molar-refractivity contribution in [3.63, 3.8) is 0 Å². The molecular weight excluding hydrogens is 318 g/mol. The van der Waals surface area contributed by atoms with E-state index < -0.39 is 0 Å². The molecule has 1 aliphatic heterocycles. The molecule has 0 radical (unpaired) electrons. The number of nitrogens with one attached hydrogen (secondary N) is 1. The van der Waals surface area contributed by atoms with Gasteiger partial charge in [0.25, 0.3) is 0 Å². The van der Waals surface area contributed by atoms with Gasteiger partial charge in [0, 0.05) is 21.4 Å². The van der Waals surface area contributed by atoms with Crippen LogP contribution in [0.5, 0.6) is 0 Å². The van der Waals surface area contributed by atoms with Gasteiger partial charge in [-0.3, -0.25) is 0 Å². The van der Waals surface area contributed by atoms with Crippen LogP contribution >= 0.6 is 11.3 Å². The molecule has 0 bridgehead atoms. The van der Waals surface area contributed by atoms with Crippen LogP contribution in [0.2, 0.25) is 0 Å². The second-order valence-corrected chi connectivity index (χ2v) is 7.77. The molecule has 2 aromatic rings. The Labute approximate surface area is 146 Å². The molecule has 1 N–H and O–H groups in total. The average molecular weight is 339 g/mol. The zero-order valence-corrected chi connectivity index (χ0v) is 14.7. The topological polar surface area (TPSA) is 38.3 Å². The van der Waals surface area contributed by atoms with E-state index in [1.807, 2.05) is 36.5 Å². The smallest absolute Gasteiger partial charge is 0.338 e. The Kier molecular flexibility index (Phi) is 3.93. The van der Waals surface area contributed by atoms with E-state index in [4.69, 9.17) is 4.74 Å². The number of fused-ring (bicyclic) bond motifs is 3. The molecule has 3 nitrogen and oxygen atoms in total. The summed E-state index contributed by atoms with van der Waals surface area (Å²) in [5.41, 5.74) is 2.98. The van der Waals surface area contributed by atoms with E-state index in [9.17, 15) is 4.79 Å². The maximum absolute atomic E-state index is 12.1. The van der Waals surface area contributed by atoms with Crippen LogP contribution in [0, 0.1) is 12.8 Å². The molecule has 0 saturated carbocycles. The van der Waals surface area contributed by atoms with E-state index in [1.54, 1.807) is 0 Å². The number of aryl methyl sites for hydroxylation is 1. The largest absolute Gasteiger partial charge is 0.462 e. The fourth-order valence-corrected chi connectivity index (χ4v) is 4.84. The lowest BCUT2D eigenvalue weighted by Crippen LogP contribution is -2.28. The lowest BCUT2D eigenvalue weighted by molar-refractivity contribution is 0.0526. The number of hydrogen-bond donors (Lipinski definition) is 1. The normalized spacial score (nSPS) is 24.2. The predicted molar refractivity (Wildman–Crippen MR) is 97.8 cm³/mol. The lowest BCUT2D eigenvalue weighted by Gasteiger charge is -2.37.